The second-order valence-corrected chi connectivity index (χ2v) is 11.1. The van der Waals surface area contributed by atoms with Gasteiger partial charge in [-0.25, -0.2) is 0 Å². The first-order valence-corrected chi connectivity index (χ1v) is 14.9. The van der Waals surface area contributed by atoms with Crippen LogP contribution in [0.1, 0.15) is 18.1 Å². The van der Waals surface area contributed by atoms with E-state index in [9.17, 15) is 0 Å². The summed E-state index contributed by atoms with van der Waals surface area (Å²) in [6.07, 6.45) is 0. The maximum atomic E-state index is 8.58. The number of hydrogen-bond acceptors (Lipinski definition) is 1. The van der Waals surface area contributed by atoms with Crippen LogP contribution in [0.3, 0.4) is 0 Å². The van der Waals surface area contributed by atoms with Crippen LogP contribution < -0.4 is 0 Å². The maximum absolute atomic E-state index is 8.58. The lowest BCUT2D eigenvalue weighted by Crippen LogP contribution is -2.00. The summed E-state index contributed by atoms with van der Waals surface area (Å²) in [7, 11) is 0. The van der Waals surface area contributed by atoms with Crippen molar-refractivity contribution in [2.24, 2.45) is 0 Å². The van der Waals surface area contributed by atoms with E-state index in [-0.39, 0.29) is 0 Å². The van der Waals surface area contributed by atoms with Gasteiger partial charge in [-0.1, -0.05) is 140 Å². The zero-order valence-corrected chi connectivity index (χ0v) is 25.3. The highest BCUT2D eigenvalue weighted by molar-refractivity contribution is 6.24. The Labute approximate surface area is 260 Å². The van der Waals surface area contributed by atoms with Gasteiger partial charge in [-0.15, -0.1) is 13.2 Å². The van der Waals surface area contributed by atoms with Gasteiger partial charge in [0, 0.05) is 5.56 Å². The molecule has 0 fully saturated rings. The molecule has 0 aliphatic carbocycles. The molecule has 7 aromatic rings. The van der Waals surface area contributed by atoms with Crippen molar-refractivity contribution in [3.8, 4) is 33.4 Å². The minimum absolute atomic E-state index is 0.474. The van der Waals surface area contributed by atoms with E-state index in [0.717, 1.165) is 16.7 Å². The SMILES string of the molecule is C=C.C=C(C)C(=N)c1cccc(-c2c3ccccc3c(-c3cccc4c(-c5ccc(C)cc5)cccc34)c3ccccc23)c1. The Bertz CT molecular complexity index is 2140. The topological polar surface area (TPSA) is 23.9 Å². The van der Waals surface area contributed by atoms with Gasteiger partial charge in [0.15, 0.2) is 0 Å². The molecule has 1 heteroatoms. The molecule has 0 radical (unpaired) electrons. The van der Waals surface area contributed by atoms with Crippen molar-refractivity contribution in [2.75, 3.05) is 0 Å². The molecule has 212 valence electrons. The molecule has 0 amide bonds. The molecule has 1 nitrogen and oxygen atoms in total. The van der Waals surface area contributed by atoms with E-state index >= 15 is 0 Å². The van der Waals surface area contributed by atoms with E-state index < -0.39 is 0 Å². The third kappa shape index (κ3) is 4.93. The number of aryl methyl sites for hydroxylation is 1. The summed E-state index contributed by atoms with van der Waals surface area (Å²) in [5.41, 5.74) is 10.7. The monoisotopic (exact) mass is 565 g/mol. The molecule has 0 atom stereocenters. The molecule has 7 rings (SSSR count). The van der Waals surface area contributed by atoms with Gasteiger partial charge in [-0.2, -0.15) is 0 Å². The van der Waals surface area contributed by atoms with Crippen molar-refractivity contribution < 1.29 is 0 Å². The molecule has 44 heavy (non-hydrogen) atoms. The zero-order valence-electron chi connectivity index (χ0n) is 25.3. The summed E-state index contributed by atoms with van der Waals surface area (Å²) in [5.74, 6) is 0. The number of nitrogens with one attached hydrogen (secondary N) is 1. The first kappa shape index (κ1) is 28.6. The van der Waals surface area contributed by atoms with Crippen LogP contribution in [-0.2, 0) is 0 Å². The van der Waals surface area contributed by atoms with Crippen molar-refractivity contribution in [3.05, 3.63) is 170 Å². The van der Waals surface area contributed by atoms with E-state index in [0.29, 0.717) is 5.71 Å². The van der Waals surface area contributed by atoms with Crippen LogP contribution in [0.2, 0.25) is 0 Å². The lowest BCUT2D eigenvalue weighted by Gasteiger charge is -2.19. The van der Waals surface area contributed by atoms with Crippen molar-refractivity contribution in [1.82, 2.24) is 0 Å². The van der Waals surface area contributed by atoms with E-state index in [4.69, 9.17) is 5.41 Å². The molecule has 7 aromatic carbocycles. The maximum Gasteiger partial charge on any atom is 0.0635 e. The van der Waals surface area contributed by atoms with Gasteiger partial charge >= 0.3 is 0 Å². The Morgan fingerprint density at radius 3 is 1.55 bits per heavy atom. The third-order valence-corrected chi connectivity index (χ3v) is 8.35. The van der Waals surface area contributed by atoms with E-state index in [1.165, 1.54) is 65.7 Å². The molecule has 0 aromatic heterocycles. The first-order valence-electron chi connectivity index (χ1n) is 14.9. The van der Waals surface area contributed by atoms with Gasteiger partial charge in [-0.05, 0) is 91.2 Å². The summed E-state index contributed by atoms with van der Waals surface area (Å²) < 4.78 is 0. The Balaban J connectivity index is 0.00000168. The quantitative estimate of drug-likeness (QED) is 0.122. The molecule has 0 aliphatic rings. The van der Waals surface area contributed by atoms with E-state index in [1.54, 1.807) is 0 Å². The molecule has 0 saturated heterocycles. The van der Waals surface area contributed by atoms with Crippen molar-refractivity contribution in [1.29, 1.82) is 5.41 Å². The molecule has 0 unspecified atom stereocenters. The lowest BCUT2D eigenvalue weighted by atomic mass is 9.83. The van der Waals surface area contributed by atoms with Crippen LogP contribution in [0.15, 0.2) is 159 Å². The molecule has 0 heterocycles. The molecule has 0 bridgehead atoms. The summed E-state index contributed by atoms with van der Waals surface area (Å²) >= 11 is 0. The standard InChI is InChI=1S/C41H31N.C2H4/c1-26(2)41(42)30-12-8-11-29(25-30)39-35-13-4-6-15-37(35)40(38-16-7-5-14-36(38)39)34-20-10-18-32-31(17-9-19-33(32)34)28-23-21-27(3)22-24-28;1-2/h4-25,42H,1H2,2-3H3;1-2H2. The van der Waals surface area contributed by atoms with Gasteiger partial charge in [0.1, 0.15) is 0 Å². The zero-order chi connectivity index (χ0) is 30.8. The summed E-state index contributed by atoms with van der Waals surface area (Å²) in [6, 6.07) is 48.0. The summed E-state index contributed by atoms with van der Waals surface area (Å²) in [5, 5.41) is 15.9. The average molecular weight is 566 g/mol. The Morgan fingerprint density at radius 2 is 0.977 bits per heavy atom. The Hall–Kier alpha value is -5.53. The predicted molar refractivity (Wildman–Crippen MR) is 193 cm³/mol. The second-order valence-electron chi connectivity index (χ2n) is 11.1. The molecular weight excluding hydrogens is 530 g/mol. The molecule has 1 N–H and O–H groups in total. The fourth-order valence-corrected chi connectivity index (χ4v) is 6.32. The molecule has 0 saturated carbocycles. The van der Waals surface area contributed by atoms with Gasteiger partial charge in [0.25, 0.3) is 0 Å². The van der Waals surface area contributed by atoms with Crippen LogP contribution in [0.5, 0.6) is 0 Å². The molecule has 0 spiro atoms. The van der Waals surface area contributed by atoms with Crippen LogP contribution >= 0.6 is 0 Å². The predicted octanol–water partition coefficient (Wildman–Crippen LogP) is 12.2. The third-order valence-electron chi connectivity index (χ3n) is 8.35. The first-order chi connectivity index (χ1) is 21.5. The minimum Gasteiger partial charge on any atom is -0.300 e. The summed E-state index contributed by atoms with van der Waals surface area (Å²) in [6.45, 7) is 14.0. The fraction of sp³-hybridized carbons (Fsp3) is 0.0465. The van der Waals surface area contributed by atoms with E-state index in [2.05, 4.69) is 154 Å². The van der Waals surface area contributed by atoms with Crippen LogP contribution in [0, 0.1) is 12.3 Å². The normalized spacial score (nSPS) is 10.9. The van der Waals surface area contributed by atoms with Gasteiger partial charge in [0.05, 0.1) is 5.71 Å². The Kier molecular flexibility index (Phi) is 7.79. The number of allylic oxidation sites excluding steroid dienone is 1. The molecule has 0 aliphatic heterocycles. The highest BCUT2D eigenvalue weighted by atomic mass is 14.4. The highest BCUT2D eigenvalue weighted by Crippen LogP contribution is 2.46. The minimum atomic E-state index is 0.474. The number of fused-ring (bicyclic) bond motifs is 3. The van der Waals surface area contributed by atoms with Gasteiger partial charge in [-0.3, -0.25) is 0 Å². The highest BCUT2D eigenvalue weighted by Gasteiger charge is 2.19. The average Bonchev–Trinajstić information content (AvgIpc) is 3.07. The van der Waals surface area contributed by atoms with Gasteiger partial charge in [0.2, 0.25) is 0 Å². The van der Waals surface area contributed by atoms with Crippen molar-refractivity contribution >= 4 is 38.0 Å². The van der Waals surface area contributed by atoms with Crippen molar-refractivity contribution in [3.63, 3.8) is 0 Å². The van der Waals surface area contributed by atoms with Crippen molar-refractivity contribution in [2.45, 2.75) is 13.8 Å². The van der Waals surface area contributed by atoms with Gasteiger partial charge < -0.3 is 5.41 Å². The number of rotatable bonds is 5. The van der Waals surface area contributed by atoms with Crippen LogP contribution in [0.4, 0.5) is 0 Å². The van der Waals surface area contributed by atoms with Crippen LogP contribution in [0.25, 0.3) is 65.7 Å². The number of benzene rings is 7. The summed E-state index contributed by atoms with van der Waals surface area (Å²) in [4.78, 5) is 0. The largest absolute Gasteiger partial charge is 0.300 e. The van der Waals surface area contributed by atoms with E-state index in [1.807, 2.05) is 13.0 Å². The smallest absolute Gasteiger partial charge is 0.0635 e. The molecular formula is C43H35N. The second kappa shape index (κ2) is 12.0. The lowest BCUT2D eigenvalue weighted by molar-refractivity contribution is 1.44. The fourth-order valence-electron chi connectivity index (χ4n) is 6.32. The number of hydrogen-bond donors (Lipinski definition) is 1. The van der Waals surface area contributed by atoms with Crippen LogP contribution in [-0.4, -0.2) is 5.71 Å². The Morgan fingerprint density at radius 1 is 0.500 bits per heavy atom.